The van der Waals surface area contributed by atoms with Crippen molar-refractivity contribution in [2.45, 2.75) is 32.9 Å². The van der Waals surface area contributed by atoms with Crippen LogP contribution < -0.4 is 10.1 Å². The van der Waals surface area contributed by atoms with E-state index in [0.29, 0.717) is 18.9 Å². The van der Waals surface area contributed by atoms with E-state index in [9.17, 15) is 4.79 Å². The summed E-state index contributed by atoms with van der Waals surface area (Å²) >= 11 is 0. The first-order valence-electron chi connectivity index (χ1n) is 6.12. The molecule has 1 atom stereocenters. The SMILES string of the molecule is COc1ccccc1CN[C@@H](CC(C)C)C(=O)O. The van der Waals surface area contributed by atoms with Gasteiger partial charge in [0, 0.05) is 12.1 Å². The smallest absolute Gasteiger partial charge is 0.320 e. The molecule has 0 fully saturated rings. The molecule has 0 bridgehead atoms. The van der Waals surface area contributed by atoms with Crippen LogP contribution in [0.5, 0.6) is 5.75 Å². The second-order valence-corrected chi connectivity index (χ2v) is 4.71. The van der Waals surface area contributed by atoms with Crippen molar-refractivity contribution >= 4 is 5.97 Å². The van der Waals surface area contributed by atoms with Crippen molar-refractivity contribution in [1.82, 2.24) is 5.32 Å². The molecule has 1 aromatic carbocycles. The summed E-state index contributed by atoms with van der Waals surface area (Å²) in [6, 6.07) is 7.09. The van der Waals surface area contributed by atoms with E-state index in [-0.39, 0.29) is 0 Å². The summed E-state index contributed by atoms with van der Waals surface area (Å²) in [6.45, 7) is 4.52. The largest absolute Gasteiger partial charge is 0.496 e. The minimum atomic E-state index is -0.807. The third-order valence-corrected chi connectivity index (χ3v) is 2.74. The summed E-state index contributed by atoms with van der Waals surface area (Å²) in [7, 11) is 1.61. The molecular formula is C14H21NO3. The normalized spacial score (nSPS) is 12.4. The number of ether oxygens (including phenoxy) is 1. The number of carboxylic acids is 1. The van der Waals surface area contributed by atoms with Crippen molar-refractivity contribution < 1.29 is 14.6 Å². The quantitative estimate of drug-likeness (QED) is 0.780. The first kappa shape index (κ1) is 14.5. The van der Waals surface area contributed by atoms with E-state index < -0.39 is 12.0 Å². The van der Waals surface area contributed by atoms with Crippen LogP contribution in [0.2, 0.25) is 0 Å². The molecule has 0 amide bonds. The number of rotatable bonds is 7. The minimum Gasteiger partial charge on any atom is -0.496 e. The Bertz CT molecular complexity index is 390. The van der Waals surface area contributed by atoms with Gasteiger partial charge in [-0.05, 0) is 18.4 Å². The van der Waals surface area contributed by atoms with Gasteiger partial charge in [-0.2, -0.15) is 0 Å². The van der Waals surface area contributed by atoms with Crippen molar-refractivity contribution in [2.24, 2.45) is 5.92 Å². The zero-order chi connectivity index (χ0) is 13.5. The first-order valence-corrected chi connectivity index (χ1v) is 6.12. The second-order valence-electron chi connectivity index (χ2n) is 4.71. The molecule has 4 nitrogen and oxygen atoms in total. The molecule has 0 saturated heterocycles. The van der Waals surface area contributed by atoms with E-state index in [2.05, 4.69) is 5.32 Å². The lowest BCUT2D eigenvalue weighted by atomic mass is 10.0. The number of nitrogens with one attached hydrogen (secondary N) is 1. The number of carbonyl (C=O) groups is 1. The number of para-hydroxylation sites is 1. The maximum absolute atomic E-state index is 11.1. The van der Waals surface area contributed by atoms with Gasteiger partial charge < -0.3 is 15.2 Å². The average Bonchev–Trinajstić information content (AvgIpc) is 2.34. The summed E-state index contributed by atoms with van der Waals surface area (Å²) in [6.07, 6.45) is 0.616. The Morgan fingerprint density at radius 1 is 1.39 bits per heavy atom. The molecule has 0 aromatic heterocycles. The Labute approximate surface area is 108 Å². The van der Waals surface area contributed by atoms with Gasteiger partial charge in [0.25, 0.3) is 0 Å². The zero-order valence-electron chi connectivity index (χ0n) is 11.1. The van der Waals surface area contributed by atoms with Gasteiger partial charge in [0.05, 0.1) is 7.11 Å². The molecule has 2 N–H and O–H groups in total. The molecule has 0 saturated carbocycles. The van der Waals surface area contributed by atoms with Gasteiger partial charge >= 0.3 is 5.97 Å². The molecule has 1 rings (SSSR count). The van der Waals surface area contributed by atoms with Crippen LogP contribution in [0.25, 0.3) is 0 Å². The highest BCUT2D eigenvalue weighted by molar-refractivity contribution is 5.73. The molecule has 0 aliphatic carbocycles. The predicted octanol–water partition coefficient (Wildman–Crippen LogP) is 2.28. The molecule has 0 aliphatic heterocycles. The maximum atomic E-state index is 11.1. The standard InChI is InChI=1S/C14H21NO3/c1-10(2)8-12(14(16)17)15-9-11-6-4-5-7-13(11)18-3/h4-7,10,12,15H,8-9H2,1-3H3,(H,16,17)/t12-/m0/s1. The molecule has 4 heteroatoms. The highest BCUT2D eigenvalue weighted by Crippen LogP contribution is 2.17. The number of aliphatic carboxylic acids is 1. The molecule has 0 radical (unpaired) electrons. The first-order chi connectivity index (χ1) is 8.54. The number of carboxylic acid groups (broad SMARTS) is 1. The molecule has 0 unspecified atom stereocenters. The van der Waals surface area contributed by atoms with Crippen molar-refractivity contribution in [3.63, 3.8) is 0 Å². The van der Waals surface area contributed by atoms with Crippen LogP contribution >= 0.6 is 0 Å². The van der Waals surface area contributed by atoms with Crippen LogP contribution in [0.4, 0.5) is 0 Å². The van der Waals surface area contributed by atoms with Gasteiger partial charge in [-0.1, -0.05) is 32.0 Å². The van der Waals surface area contributed by atoms with Crippen LogP contribution in [0.3, 0.4) is 0 Å². The number of hydrogen-bond donors (Lipinski definition) is 2. The highest BCUT2D eigenvalue weighted by atomic mass is 16.5. The van der Waals surface area contributed by atoms with Crippen LogP contribution in [0, 0.1) is 5.92 Å². The van der Waals surface area contributed by atoms with Gasteiger partial charge in [0.1, 0.15) is 11.8 Å². The molecule has 0 heterocycles. The van der Waals surface area contributed by atoms with E-state index in [1.807, 2.05) is 38.1 Å². The molecule has 100 valence electrons. The fraction of sp³-hybridized carbons (Fsp3) is 0.500. The van der Waals surface area contributed by atoms with Gasteiger partial charge in [0.15, 0.2) is 0 Å². The fourth-order valence-corrected chi connectivity index (χ4v) is 1.83. The van der Waals surface area contributed by atoms with Gasteiger partial charge in [-0.25, -0.2) is 0 Å². The minimum absolute atomic E-state index is 0.344. The summed E-state index contributed by atoms with van der Waals surface area (Å²) in [5, 5.41) is 12.2. The van der Waals surface area contributed by atoms with Gasteiger partial charge in [-0.15, -0.1) is 0 Å². The predicted molar refractivity (Wildman–Crippen MR) is 70.7 cm³/mol. The third kappa shape index (κ3) is 4.37. The van der Waals surface area contributed by atoms with E-state index in [1.54, 1.807) is 7.11 Å². The lowest BCUT2D eigenvalue weighted by molar-refractivity contribution is -0.140. The van der Waals surface area contributed by atoms with Gasteiger partial charge in [0.2, 0.25) is 0 Å². The topological polar surface area (TPSA) is 58.6 Å². The monoisotopic (exact) mass is 251 g/mol. The Kier molecular flexibility index (Phi) is 5.65. The van der Waals surface area contributed by atoms with Crippen LogP contribution in [0.1, 0.15) is 25.8 Å². The van der Waals surface area contributed by atoms with Crippen LogP contribution in [-0.4, -0.2) is 24.2 Å². The molecule has 0 spiro atoms. The maximum Gasteiger partial charge on any atom is 0.320 e. The van der Waals surface area contributed by atoms with E-state index >= 15 is 0 Å². The van der Waals surface area contributed by atoms with Crippen LogP contribution in [-0.2, 0) is 11.3 Å². The van der Waals surface area contributed by atoms with E-state index in [4.69, 9.17) is 9.84 Å². The third-order valence-electron chi connectivity index (χ3n) is 2.74. The molecular weight excluding hydrogens is 230 g/mol. The summed E-state index contributed by atoms with van der Waals surface area (Å²) in [5.74, 6) is 0.313. The van der Waals surface area contributed by atoms with Gasteiger partial charge in [-0.3, -0.25) is 4.79 Å². The zero-order valence-corrected chi connectivity index (χ0v) is 11.1. The highest BCUT2D eigenvalue weighted by Gasteiger charge is 2.18. The summed E-state index contributed by atoms with van der Waals surface area (Å²) < 4.78 is 5.23. The lowest BCUT2D eigenvalue weighted by Crippen LogP contribution is -2.37. The number of hydrogen-bond acceptors (Lipinski definition) is 3. The van der Waals surface area contributed by atoms with E-state index in [0.717, 1.165) is 11.3 Å². The van der Waals surface area contributed by atoms with Crippen molar-refractivity contribution in [3.8, 4) is 5.75 Å². The fourth-order valence-electron chi connectivity index (χ4n) is 1.83. The Morgan fingerprint density at radius 2 is 2.06 bits per heavy atom. The van der Waals surface area contributed by atoms with Crippen molar-refractivity contribution in [1.29, 1.82) is 0 Å². The Hall–Kier alpha value is -1.55. The summed E-state index contributed by atoms with van der Waals surface area (Å²) in [4.78, 5) is 11.1. The Morgan fingerprint density at radius 3 is 2.61 bits per heavy atom. The molecule has 0 aliphatic rings. The van der Waals surface area contributed by atoms with Crippen LogP contribution in [0.15, 0.2) is 24.3 Å². The Balaban J connectivity index is 2.64. The average molecular weight is 251 g/mol. The van der Waals surface area contributed by atoms with Crippen molar-refractivity contribution in [2.75, 3.05) is 7.11 Å². The second kappa shape index (κ2) is 7.01. The van der Waals surface area contributed by atoms with Crippen molar-refractivity contribution in [3.05, 3.63) is 29.8 Å². The summed E-state index contributed by atoms with van der Waals surface area (Å²) in [5.41, 5.74) is 0.968. The molecule has 1 aromatic rings. The molecule has 18 heavy (non-hydrogen) atoms. The number of methoxy groups -OCH3 is 1. The van der Waals surface area contributed by atoms with E-state index in [1.165, 1.54) is 0 Å². The number of benzene rings is 1. The lowest BCUT2D eigenvalue weighted by Gasteiger charge is -2.17.